The van der Waals surface area contributed by atoms with Gasteiger partial charge in [-0.2, -0.15) is 0 Å². The van der Waals surface area contributed by atoms with Gasteiger partial charge in [-0.3, -0.25) is 0 Å². The molecular weight excluding hydrogens is 194 g/mol. The van der Waals surface area contributed by atoms with E-state index in [2.05, 4.69) is 30.4 Å². The van der Waals surface area contributed by atoms with Crippen molar-refractivity contribution in [2.75, 3.05) is 0 Å². The van der Waals surface area contributed by atoms with Gasteiger partial charge in [0, 0.05) is 17.9 Å². The van der Waals surface area contributed by atoms with Crippen LogP contribution in [0, 0.1) is 0 Å². The maximum atomic E-state index is 2.12. The average molecular weight is 221 g/mol. The molecule has 0 saturated carbocycles. The highest BCUT2D eigenvalue weighted by molar-refractivity contribution is 5.46. The Labute approximate surface area is 101 Å². The van der Waals surface area contributed by atoms with E-state index in [0.717, 1.165) is 0 Å². The molecule has 0 radical (unpaired) electrons. The summed E-state index contributed by atoms with van der Waals surface area (Å²) in [7, 11) is 0. The molecule has 2 aromatic heterocycles. The summed E-state index contributed by atoms with van der Waals surface area (Å²) < 4.78 is 2.08. The first-order valence-corrected chi connectivity index (χ1v) is 6.40. The van der Waals surface area contributed by atoms with Gasteiger partial charge in [0.1, 0.15) is 0 Å². The lowest BCUT2D eigenvalue weighted by atomic mass is 10.4. The molecule has 2 aromatic rings. The van der Waals surface area contributed by atoms with Crippen molar-refractivity contribution in [3.8, 4) is 0 Å². The molecule has 0 aliphatic carbocycles. The monoisotopic (exact) mass is 221 g/mol. The van der Waals surface area contributed by atoms with Crippen molar-refractivity contribution in [2.24, 2.45) is 0 Å². The van der Waals surface area contributed by atoms with Gasteiger partial charge in [0.25, 0.3) is 0 Å². The number of nitrogens with zero attached hydrogens (tertiary/aromatic N) is 1. The highest BCUT2D eigenvalue weighted by Crippen LogP contribution is 2.01. The predicted octanol–water partition coefficient (Wildman–Crippen LogP) is 5.41. The minimum atomic E-state index is 1.25. The number of hydrogen-bond donors (Lipinski definition) is 0. The van der Waals surface area contributed by atoms with Gasteiger partial charge in [0.15, 0.2) is 0 Å². The molecule has 1 heteroatoms. The van der Waals surface area contributed by atoms with E-state index < -0.39 is 0 Å². The predicted molar refractivity (Wildman–Crippen MR) is 76.1 cm³/mol. The van der Waals surface area contributed by atoms with E-state index in [4.69, 9.17) is 0 Å². The summed E-state index contributed by atoms with van der Waals surface area (Å²) in [5.74, 6) is 0. The fraction of sp³-hybridized carbons (Fsp3) is 0.467. The summed E-state index contributed by atoms with van der Waals surface area (Å²) in [5.41, 5.74) is 1.25. The molecule has 2 heterocycles. The standard InChI is InChI=1S/C8H7N.C3H8.2C2H6/c1-2-6-9-7-3-5-8(9)4-1;1-3-2;2*1-2/h1-7H;3H2,1-2H3;2*1-2H3. The molecule has 0 unspecified atom stereocenters. The Bertz CT molecular complexity index is 292. The molecule has 0 saturated heterocycles. The summed E-state index contributed by atoms with van der Waals surface area (Å²) in [6.07, 6.45) is 5.32. The summed E-state index contributed by atoms with van der Waals surface area (Å²) in [4.78, 5) is 0. The minimum Gasteiger partial charge on any atom is -0.324 e. The van der Waals surface area contributed by atoms with Crippen LogP contribution < -0.4 is 0 Å². The molecule has 0 N–H and O–H groups in total. The van der Waals surface area contributed by atoms with Gasteiger partial charge in [-0.15, -0.1) is 0 Å². The molecular formula is C15H27N. The third-order valence-electron chi connectivity index (χ3n) is 1.44. The van der Waals surface area contributed by atoms with Gasteiger partial charge < -0.3 is 4.40 Å². The van der Waals surface area contributed by atoms with Crippen molar-refractivity contribution in [1.29, 1.82) is 0 Å². The van der Waals surface area contributed by atoms with Crippen LogP contribution in [0.4, 0.5) is 0 Å². The van der Waals surface area contributed by atoms with Crippen LogP contribution in [0.5, 0.6) is 0 Å². The van der Waals surface area contributed by atoms with E-state index in [1.807, 2.05) is 58.3 Å². The first-order valence-electron chi connectivity index (χ1n) is 6.40. The lowest BCUT2D eigenvalue weighted by Gasteiger charge is -1.88. The van der Waals surface area contributed by atoms with Crippen LogP contribution in [-0.2, 0) is 0 Å². The second-order valence-electron chi connectivity index (χ2n) is 2.75. The lowest BCUT2D eigenvalue weighted by Crippen LogP contribution is -1.75. The molecule has 0 aliphatic heterocycles. The largest absolute Gasteiger partial charge is 0.324 e. The van der Waals surface area contributed by atoms with Crippen LogP contribution in [0.25, 0.3) is 5.52 Å². The van der Waals surface area contributed by atoms with Crippen molar-refractivity contribution in [3.63, 3.8) is 0 Å². The van der Waals surface area contributed by atoms with Crippen molar-refractivity contribution in [1.82, 2.24) is 4.40 Å². The molecule has 16 heavy (non-hydrogen) atoms. The van der Waals surface area contributed by atoms with E-state index in [9.17, 15) is 0 Å². The SMILES string of the molecule is CC.CC.CCC.c1ccn2cccc2c1. The zero-order chi connectivity index (χ0) is 12.8. The number of hydrogen-bond acceptors (Lipinski definition) is 0. The molecule has 0 bridgehead atoms. The van der Waals surface area contributed by atoms with Crippen LogP contribution in [0.3, 0.4) is 0 Å². The fourth-order valence-electron chi connectivity index (χ4n) is 0.980. The number of fused-ring (bicyclic) bond motifs is 1. The fourth-order valence-corrected chi connectivity index (χ4v) is 0.980. The van der Waals surface area contributed by atoms with E-state index in [-0.39, 0.29) is 0 Å². The maximum absolute atomic E-state index is 2.12. The van der Waals surface area contributed by atoms with Crippen LogP contribution >= 0.6 is 0 Å². The minimum absolute atomic E-state index is 1.25. The van der Waals surface area contributed by atoms with Crippen molar-refractivity contribution >= 4 is 5.52 Å². The van der Waals surface area contributed by atoms with Gasteiger partial charge in [-0.25, -0.2) is 0 Å². The second kappa shape index (κ2) is 13.8. The summed E-state index contributed by atoms with van der Waals surface area (Å²) in [6.45, 7) is 12.2. The highest BCUT2D eigenvalue weighted by atomic mass is 14.8. The Kier molecular flexibility index (Phi) is 14.8. The van der Waals surface area contributed by atoms with Gasteiger partial charge in [-0.1, -0.05) is 54.0 Å². The molecule has 0 atom stereocenters. The Morgan fingerprint density at radius 1 is 0.812 bits per heavy atom. The third kappa shape index (κ3) is 7.10. The highest BCUT2D eigenvalue weighted by Gasteiger charge is 1.83. The number of rotatable bonds is 0. The summed E-state index contributed by atoms with van der Waals surface area (Å²) in [6, 6.07) is 10.3. The van der Waals surface area contributed by atoms with Crippen LogP contribution in [0.15, 0.2) is 42.7 Å². The first-order chi connectivity index (χ1) is 7.88. The summed E-state index contributed by atoms with van der Waals surface area (Å²) >= 11 is 0. The quantitative estimate of drug-likeness (QED) is 0.560. The average Bonchev–Trinajstić information content (AvgIpc) is 2.83. The second-order valence-corrected chi connectivity index (χ2v) is 2.75. The molecule has 0 aromatic carbocycles. The Balaban J connectivity index is 0. The molecule has 0 amide bonds. The topological polar surface area (TPSA) is 4.41 Å². The van der Waals surface area contributed by atoms with Crippen LogP contribution in [-0.4, -0.2) is 4.40 Å². The molecule has 0 fully saturated rings. The Morgan fingerprint density at radius 3 is 1.75 bits per heavy atom. The first kappa shape index (κ1) is 17.2. The normalized spacial score (nSPS) is 7.62. The van der Waals surface area contributed by atoms with Gasteiger partial charge >= 0.3 is 0 Å². The Morgan fingerprint density at radius 2 is 1.25 bits per heavy atom. The van der Waals surface area contributed by atoms with Crippen molar-refractivity contribution in [2.45, 2.75) is 48.0 Å². The van der Waals surface area contributed by atoms with Gasteiger partial charge in [-0.05, 0) is 24.3 Å². The zero-order valence-electron chi connectivity index (χ0n) is 11.7. The summed E-state index contributed by atoms with van der Waals surface area (Å²) in [5, 5.41) is 0. The molecule has 1 nitrogen and oxygen atoms in total. The van der Waals surface area contributed by atoms with Gasteiger partial charge in [0.2, 0.25) is 0 Å². The molecule has 2 rings (SSSR count). The zero-order valence-corrected chi connectivity index (χ0v) is 11.7. The third-order valence-corrected chi connectivity index (χ3v) is 1.44. The van der Waals surface area contributed by atoms with E-state index in [1.165, 1.54) is 11.9 Å². The van der Waals surface area contributed by atoms with E-state index >= 15 is 0 Å². The van der Waals surface area contributed by atoms with Crippen molar-refractivity contribution < 1.29 is 0 Å². The van der Waals surface area contributed by atoms with Crippen LogP contribution in [0.2, 0.25) is 0 Å². The van der Waals surface area contributed by atoms with Crippen LogP contribution in [0.1, 0.15) is 48.0 Å². The van der Waals surface area contributed by atoms with Gasteiger partial charge in [0.05, 0.1) is 0 Å². The molecule has 0 aliphatic rings. The lowest BCUT2D eigenvalue weighted by molar-refractivity contribution is 1.09. The van der Waals surface area contributed by atoms with E-state index in [1.54, 1.807) is 0 Å². The number of pyridine rings is 1. The molecule has 92 valence electrons. The number of aromatic nitrogens is 1. The van der Waals surface area contributed by atoms with E-state index in [0.29, 0.717) is 0 Å². The molecule has 0 spiro atoms. The Hall–Kier alpha value is -1.24. The smallest absolute Gasteiger partial charge is 0.0449 e. The van der Waals surface area contributed by atoms with Crippen molar-refractivity contribution in [3.05, 3.63) is 42.7 Å². The maximum Gasteiger partial charge on any atom is 0.0449 e.